The molecule has 0 fully saturated rings. The summed E-state index contributed by atoms with van der Waals surface area (Å²) in [4.78, 5) is 0. The van der Waals surface area contributed by atoms with Crippen molar-refractivity contribution in [2.75, 3.05) is 5.73 Å². The molecule has 0 spiro atoms. The van der Waals surface area contributed by atoms with E-state index in [-0.39, 0.29) is 16.8 Å². The second-order valence-corrected chi connectivity index (χ2v) is 4.34. The second-order valence-electron chi connectivity index (χ2n) is 4.34. The first kappa shape index (κ1) is 16.0. The standard InChI is InChI=1S/C14H9F6NO/c15-13(16,17)11-4-2-1-3-9(11)10-6-5-8(7-12(10)21)22-14(18,19)20/h1-7H,21H2. The van der Waals surface area contributed by atoms with E-state index in [0.29, 0.717) is 0 Å². The summed E-state index contributed by atoms with van der Waals surface area (Å²) in [5, 5.41) is 0. The minimum absolute atomic E-state index is 0.0255. The summed E-state index contributed by atoms with van der Waals surface area (Å²) < 4.78 is 78.8. The molecule has 0 amide bonds. The molecule has 0 saturated carbocycles. The van der Waals surface area contributed by atoms with Gasteiger partial charge in [0, 0.05) is 17.3 Å². The predicted octanol–water partition coefficient (Wildman–Crippen LogP) is 4.85. The van der Waals surface area contributed by atoms with Gasteiger partial charge in [0.25, 0.3) is 0 Å². The van der Waals surface area contributed by atoms with Crippen molar-refractivity contribution < 1.29 is 31.1 Å². The van der Waals surface area contributed by atoms with Gasteiger partial charge in [0.15, 0.2) is 0 Å². The van der Waals surface area contributed by atoms with Gasteiger partial charge in [0.2, 0.25) is 0 Å². The van der Waals surface area contributed by atoms with E-state index < -0.39 is 23.9 Å². The second kappa shape index (κ2) is 5.43. The molecule has 2 N–H and O–H groups in total. The van der Waals surface area contributed by atoms with Gasteiger partial charge in [0.1, 0.15) is 5.75 Å². The first-order valence-electron chi connectivity index (χ1n) is 5.90. The van der Waals surface area contributed by atoms with Crippen molar-refractivity contribution >= 4 is 5.69 Å². The Balaban J connectivity index is 2.47. The Labute approximate surface area is 121 Å². The number of benzene rings is 2. The number of nitrogens with two attached hydrogens (primary N) is 1. The smallest absolute Gasteiger partial charge is 0.406 e. The average Bonchev–Trinajstić information content (AvgIpc) is 2.36. The fraction of sp³-hybridized carbons (Fsp3) is 0.143. The molecule has 0 radical (unpaired) electrons. The largest absolute Gasteiger partial charge is 0.573 e. The van der Waals surface area contributed by atoms with Crippen molar-refractivity contribution in [3.63, 3.8) is 0 Å². The van der Waals surface area contributed by atoms with Crippen LogP contribution >= 0.6 is 0 Å². The van der Waals surface area contributed by atoms with E-state index >= 15 is 0 Å². The normalized spacial score (nSPS) is 12.3. The molecule has 0 unspecified atom stereocenters. The van der Waals surface area contributed by atoms with Gasteiger partial charge in [0.05, 0.1) is 5.56 Å². The Morgan fingerprint density at radius 1 is 0.818 bits per heavy atom. The molecule has 0 saturated heterocycles. The number of anilines is 1. The SMILES string of the molecule is Nc1cc(OC(F)(F)F)ccc1-c1ccccc1C(F)(F)F. The first-order chi connectivity index (χ1) is 10.1. The lowest BCUT2D eigenvalue weighted by Gasteiger charge is -2.15. The van der Waals surface area contributed by atoms with Crippen LogP contribution in [0.15, 0.2) is 42.5 Å². The molecule has 0 aliphatic carbocycles. The van der Waals surface area contributed by atoms with Gasteiger partial charge in [-0.1, -0.05) is 18.2 Å². The average molecular weight is 321 g/mol. The highest BCUT2D eigenvalue weighted by atomic mass is 19.4. The minimum atomic E-state index is -4.90. The number of hydrogen-bond donors (Lipinski definition) is 1. The van der Waals surface area contributed by atoms with Gasteiger partial charge >= 0.3 is 12.5 Å². The maximum Gasteiger partial charge on any atom is 0.573 e. The van der Waals surface area contributed by atoms with E-state index in [9.17, 15) is 26.3 Å². The molecule has 118 valence electrons. The summed E-state index contributed by atoms with van der Waals surface area (Å²) in [5.74, 6) is -0.599. The Kier molecular flexibility index (Phi) is 3.95. The monoisotopic (exact) mass is 321 g/mol. The van der Waals surface area contributed by atoms with E-state index in [0.717, 1.165) is 24.3 Å². The molecule has 0 atom stereocenters. The highest BCUT2D eigenvalue weighted by molar-refractivity contribution is 5.79. The third kappa shape index (κ3) is 3.63. The lowest BCUT2D eigenvalue weighted by atomic mass is 9.98. The Morgan fingerprint density at radius 3 is 2.00 bits per heavy atom. The number of ether oxygens (including phenoxy) is 1. The molecule has 2 rings (SSSR count). The van der Waals surface area contributed by atoms with Crippen LogP contribution in [0.3, 0.4) is 0 Å². The van der Waals surface area contributed by atoms with Crippen molar-refractivity contribution in [3.8, 4) is 16.9 Å². The molecule has 0 heterocycles. The van der Waals surface area contributed by atoms with E-state index in [2.05, 4.69) is 4.74 Å². The summed E-state index contributed by atoms with van der Waals surface area (Å²) >= 11 is 0. The van der Waals surface area contributed by atoms with Crippen molar-refractivity contribution in [2.24, 2.45) is 0 Å². The Hall–Kier alpha value is -2.38. The molecule has 2 aromatic rings. The van der Waals surface area contributed by atoms with Gasteiger partial charge in [-0.25, -0.2) is 0 Å². The van der Waals surface area contributed by atoms with Crippen LogP contribution in [-0.2, 0) is 6.18 Å². The zero-order valence-electron chi connectivity index (χ0n) is 10.8. The highest BCUT2D eigenvalue weighted by Gasteiger charge is 2.34. The number of nitrogen functional groups attached to an aromatic ring is 1. The summed E-state index contributed by atoms with van der Waals surface area (Å²) in [6, 6.07) is 7.45. The van der Waals surface area contributed by atoms with Crippen molar-refractivity contribution in [3.05, 3.63) is 48.0 Å². The Bertz CT molecular complexity index is 678. The number of alkyl halides is 6. The van der Waals surface area contributed by atoms with Gasteiger partial charge in [-0.3, -0.25) is 0 Å². The zero-order chi connectivity index (χ0) is 16.5. The lowest BCUT2D eigenvalue weighted by Crippen LogP contribution is -2.17. The quantitative estimate of drug-likeness (QED) is 0.634. The van der Waals surface area contributed by atoms with Crippen LogP contribution in [-0.4, -0.2) is 6.36 Å². The summed E-state index contributed by atoms with van der Waals surface area (Å²) in [6.07, 6.45) is -9.51. The van der Waals surface area contributed by atoms with Gasteiger partial charge < -0.3 is 10.5 Å². The van der Waals surface area contributed by atoms with Crippen LogP contribution in [0.1, 0.15) is 5.56 Å². The molecular weight excluding hydrogens is 312 g/mol. The van der Waals surface area contributed by atoms with Crippen molar-refractivity contribution in [2.45, 2.75) is 12.5 Å². The molecule has 0 aromatic heterocycles. The molecule has 8 heteroatoms. The van der Waals surface area contributed by atoms with Crippen LogP contribution in [0.2, 0.25) is 0 Å². The number of rotatable bonds is 2. The number of hydrogen-bond acceptors (Lipinski definition) is 2. The summed E-state index contributed by atoms with van der Waals surface area (Å²) in [6.45, 7) is 0. The maximum absolute atomic E-state index is 13.0. The topological polar surface area (TPSA) is 35.2 Å². The van der Waals surface area contributed by atoms with Crippen LogP contribution in [0, 0.1) is 0 Å². The summed E-state index contributed by atoms with van der Waals surface area (Å²) in [5.41, 5.74) is 4.15. The Morgan fingerprint density at radius 2 is 1.45 bits per heavy atom. The first-order valence-corrected chi connectivity index (χ1v) is 5.90. The highest BCUT2D eigenvalue weighted by Crippen LogP contribution is 2.40. The maximum atomic E-state index is 13.0. The third-order valence-electron chi connectivity index (χ3n) is 2.78. The van der Waals surface area contributed by atoms with Gasteiger partial charge in [-0.05, 0) is 23.8 Å². The fourth-order valence-electron chi connectivity index (χ4n) is 1.95. The molecule has 0 aliphatic rings. The molecule has 0 aliphatic heterocycles. The molecule has 22 heavy (non-hydrogen) atoms. The third-order valence-corrected chi connectivity index (χ3v) is 2.78. The van der Waals surface area contributed by atoms with Crippen molar-refractivity contribution in [1.82, 2.24) is 0 Å². The van der Waals surface area contributed by atoms with Gasteiger partial charge in [-0.15, -0.1) is 13.2 Å². The fourth-order valence-corrected chi connectivity index (χ4v) is 1.95. The lowest BCUT2D eigenvalue weighted by molar-refractivity contribution is -0.274. The molecular formula is C14H9F6NO. The van der Waals surface area contributed by atoms with Gasteiger partial charge in [-0.2, -0.15) is 13.2 Å². The molecule has 2 aromatic carbocycles. The molecule has 0 bridgehead atoms. The molecule has 2 nitrogen and oxygen atoms in total. The number of halogens is 6. The zero-order valence-corrected chi connectivity index (χ0v) is 10.8. The van der Waals surface area contributed by atoms with E-state index in [1.165, 1.54) is 18.2 Å². The van der Waals surface area contributed by atoms with E-state index in [1.807, 2.05) is 0 Å². The van der Waals surface area contributed by atoms with Crippen LogP contribution in [0.4, 0.5) is 32.0 Å². The van der Waals surface area contributed by atoms with Crippen LogP contribution in [0.5, 0.6) is 5.75 Å². The predicted molar refractivity (Wildman–Crippen MR) is 68.0 cm³/mol. The summed E-state index contributed by atoms with van der Waals surface area (Å²) in [7, 11) is 0. The van der Waals surface area contributed by atoms with Crippen LogP contribution in [0.25, 0.3) is 11.1 Å². The van der Waals surface area contributed by atoms with Crippen LogP contribution < -0.4 is 10.5 Å². The van der Waals surface area contributed by atoms with E-state index in [4.69, 9.17) is 5.73 Å². The minimum Gasteiger partial charge on any atom is -0.406 e. The van der Waals surface area contributed by atoms with E-state index in [1.54, 1.807) is 0 Å². The van der Waals surface area contributed by atoms with Crippen molar-refractivity contribution in [1.29, 1.82) is 0 Å².